The molecule has 0 bridgehead atoms. The van der Waals surface area contributed by atoms with Crippen LogP contribution in [0.3, 0.4) is 0 Å². The number of aromatic nitrogens is 6. The molecule has 0 fully saturated rings. The largest absolute Gasteiger partial charge is 0.339 e. The Morgan fingerprint density at radius 1 is 1.06 bits per heavy atom. The number of halogens is 2. The van der Waals surface area contributed by atoms with E-state index >= 15 is 0 Å². The van der Waals surface area contributed by atoms with E-state index in [4.69, 9.17) is 9.97 Å². The van der Waals surface area contributed by atoms with Crippen molar-refractivity contribution in [3.05, 3.63) is 90.0 Å². The van der Waals surface area contributed by atoms with Gasteiger partial charge in [-0.25, -0.2) is 22.0 Å². The van der Waals surface area contributed by atoms with Crippen LogP contribution < -0.4 is 0 Å². The van der Waals surface area contributed by atoms with Gasteiger partial charge in [0.15, 0.2) is 5.65 Å². The summed E-state index contributed by atoms with van der Waals surface area (Å²) in [5.41, 5.74) is 6.29. The van der Waals surface area contributed by atoms with Gasteiger partial charge in [-0.1, -0.05) is 18.2 Å². The van der Waals surface area contributed by atoms with Crippen LogP contribution in [0.25, 0.3) is 28.3 Å². The molecule has 1 aromatic carbocycles. The lowest BCUT2D eigenvalue weighted by molar-refractivity contribution is 0.496. The Morgan fingerprint density at radius 2 is 1.91 bits per heavy atom. The maximum Gasteiger partial charge on any atom is 0.155 e. The molecule has 5 aromatic rings. The van der Waals surface area contributed by atoms with Gasteiger partial charge in [0, 0.05) is 46.9 Å². The van der Waals surface area contributed by atoms with Gasteiger partial charge in [0.2, 0.25) is 0 Å². The number of fused-ring (bicyclic) bond motifs is 1. The van der Waals surface area contributed by atoms with Crippen LogP contribution in [0.5, 0.6) is 0 Å². The van der Waals surface area contributed by atoms with Crippen molar-refractivity contribution >= 4 is 28.5 Å². The fraction of sp³-hybridized carbons (Fsp3) is 0.167. The second kappa shape index (κ2) is 9.36. The second-order valence-corrected chi connectivity index (χ2v) is 9.14. The number of aryl methyl sites for hydroxylation is 1. The van der Waals surface area contributed by atoms with Gasteiger partial charge in [0.05, 0.1) is 23.6 Å². The quantitative estimate of drug-likeness (QED) is 0.226. The van der Waals surface area contributed by atoms with E-state index < -0.39 is 0 Å². The number of aromatic amines is 1. The summed E-state index contributed by atoms with van der Waals surface area (Å²) in [6, 6.07) is 16.5. The molecular formula is C24H21FIN7. The first-order valence-electron chi connectivity index (χ1n) is 10.5. The number of rotatable bonds is 7. The lowest BCUT2D eigenvalue weighted by Crippen LogP contribution is -2.15. The topological polar surface area (TPSA) is 75.0 Å². The normalized spacial score (nSPS) is 11.5. The molecule has 4 heterocycles. The zero-order valence-corrected chi connectivity index (χ0v) is 20.1. The fourth-order valence-corrected chi connectivity index (χ4v) is 4.24. The second-order valence-electron chi connectivity index (χ2n) is 7.77. The van der Waals surface area contributed by atoms with E-state index in [-0.39, 0.29) is 5.82 Å². The molecule has 0 amide bonds. The minimum Gasteiger partial charge on any atom is -0.339 e. The van der Waals surface area contributed by atoms with Crippen molar-refractivity contribution in [2.24, 2.45) is 0 Å². The van der Waals surface area contributed by atoms with E-state index in [1.165, 1.54) is 18.5 Å². The number of pyridine rings is 2. The van der Waals surface area contributed by atoms with Gasteiger partial charge in [-0.15, -0.1) is 0 Å². The van der Waals surface area contributed by atoms with Gasteiger partial charge in [0.1, 0.15) is 18.0 Å². The van der Waals surface area contributed by atoms with Crippen molar-refractivity contribution in [1.82, 2.24) is 32.7 Å². The maximum atomic E-state index is 13.1. The Morgan fingerprint density at radius 3 is 2.73 bits per heavy atom. The van der Waals surface area contributed by atoms with E-state index in [1.807, 2.05) is 55.6 Å². The molecule has 0 aliphatic heterocycles. The van der Waals surface area contributed by atoms with Gasteiger partial charge in [-0.3, -0.25) is 4.98 Å². The van der Waals surface area contributed by atoms with Crippen molar-refractivity contribution in [3.63, 3.8) is 0 Å². The number of hydrogen-bond donors (Lipinski definition) is 1. The number of nitrogens with one attached hydrogen (secondary N) is 1. The summed E-state index contributed by atoms with van der Waals surface area (Å²) in [5, 5.41) is 4.25. The Kier molecular flexibility index (Phi) is 6.14. The molecule has 0 aliphatic rings. The number of nitrogens with zero attached hydrogens (tertiary/aromatic N) is 6. The number of hydrogen-bond acceptors (Lipinski definition) is 5. The lowest BCUT2D eigenvalue weighted by Gasteiger charge is -2.12. The summed E-state index contributed by atoms with van der Waals surface area (Å²) in [7, 11) is 0. The standard InChI is InChI=1S/C24H21FIN7/c1-16-3-2-4-20(29-16)24-23(18-7-10-22-27-15-28-33(22)13-18)30-21(31-24)14-32(26)12-11-17-5-8-19(25)9-6-17/h2-10,13,15H,11-12,14H2,1H3,(H,30,31). The van der Waals surface area contributed by atoms with E-state index in [2.05, 4.69) is 41.0 Å². The molecule has 0 atom stereocenters. The average Bonchev–Trinajstić information content (AvgIpc) is 3.45. The first kappa shape index (κ1) is 21.7. The predicted molar refractivity (Wildman–Crippen MR) is 133 cm³/mol. The molecule has 0 spiro atoms. The van der Waals surface area contributed by atoms with Crippen LogP contribution in [0.1, 0.15) is 17.1 Å². The van der Waals surface area contributed by atoms with Crippen molar-refractivity contribution in [2.75, 3.05) is 6.54 Å². The third-order valence-electron chi connectivity index (χ3n) is 5.32. The molecule has 5 rings (SSSR count). The first-order chi connectivity index (χ1) is 16.0. The Hall–Kier alpha value is -3.18. The Labute approximate surface area is 204 Å². The minimum absolute atomic E-state index is 0.213. The zero-order valence-electron chi connectivity index (χ0n) is 17.9. The van der Waals surface area contributed by atoms with Crippen LogP contribution in [0, 0.1) is 12.7 Å². The molecule has 1 N–H and O–H groups in total. The maximum absolute atomic E-state index is 13.1. The summed E-state index contributed by atoms with van der Waals surface area (Å²) in [5.74, 6) is 0.630. The molecule has 166 valence electrons. The van der Waals surface area contributed by atoms with Crippen molar-refractivity contribution in [1.29, 1.82) is 0 Å². The van der Waals surface area contributed by atoms with Crippen LogP contribution in [0.4, 0.5) is 4.39 Å². The van der Waals surface area contributed by atoms with Crippen LogP contribution in [-0.4, -0.2) is 39.2 Å². The summed E-state index contributed by atoms with van der Waals surface area (Å²) < 4.78 is 17.1. The predicted octanol–water partition coefficient (Wildman–Crippen LogP) is 5.02. The van der Waals surface area contributed by atoms with E-state index in [0.29, 0.717) is 6.54 Å². The van der Waals surface area contributed by atoms with Crippen LogP contribution in [-0.2, 0) is 13.0 Å². The van der Waals surface area contributed by atoms with Gasteiger partial charge < -0.3 is 4.98 Å². The molecule has 0 aliphatic carbocycles. The molecule has 33 heavy (non-hydrogen) atoms. The zero-order chi connectivity index (χ0) is 22.8. The highest BCUT2D eigenvalue weighted by molar-refractivity contribution is 14.1. The molecular weight excluding hydrogens is 532 g/mol. The minimum atomic E-state index is -0.213. The third-order valence-corrected chi connectivity index (χ3v) is 6.15. The molecule has 4 aromatic heterocycles. The van der Waals surface area contributed by atoms with Gasteiger partial charge >= 0.3 is 0 Å². The Balaban J connectivity index is 1.43. The molecule has 0 saturated carbocycles. The van der Waals surface area contributed by atoms with E-state index in [9.17, 15) is 4.39 Å². The molecule has 0 unspecified atom stereocenters. The summed E-state index contributed by atoms with van der Waals surface area (Å²) in [4.78, 5) is 17.3. The van der Waals surface area contributed by atoms with Gasteiger partial charge in [-0.05, 0) is 55.3 Å². The highest BCUT2D eigenvalue weighted by atomic mass is 127. The monoisotopic (exact) mass is 553 g/mol. The molecule has 7 nitrogen and oxygen atoms in total. The molecule has 0 radical (unpaired) electrons. The fourth-order valence-electron chi connectivity index (χ4n) is 3.67. The molecule has 9 heteroatoms. The molecule has 0 saturated heterocycles. The van der Waals surface area contributed by atoms with Crippen molar-refractivity contribution < 1.29 is 4.39 Å². The summed E-state index contributed by atoms with van der Waals surface area (Å²) >= 11 is 2.31. The van der Waals surface area contributed by atoms with Crippen LogP contribution in [0.2, 0.25) is 0 Å². The van der Waals surface area contributed by atoms with Crippen LogP contribution in [0.15, 0.2) is 67.1 Å². The lowest BCUT2D eigenvalue weighted by atomic mass is 10.1. The van der Waals surface area contributed by atoms with Crippen molar-refractivity contribution in [2.45, 2.75) is 19.9 Å². The van der Waals surface area contributed by atoms with E-state index in [0.717, 1.165) is 58.3 Å². The smallest absolute Gasteiger partial charge is 0.155 e. The van der Waals surface area contributed by atoms with Crippen molar-refractivity contribution in [3.8, 4) is 22.6 Å². The Bertz CT molecular complexity index is 1390. The highest BCUT2D eigenvalue weighted by Crippen LogP contribution is 2.30. The van der Waals surface area contributed by atoms with Gasteiger partial charge in [-0.2, -0.15) is 5.10 Å². The summed E-state index contributed by atoms with van der Waals surface area (Å²) in [6.07, 6.45) is 4.29. The average molecular weight is 553 g/mol. The van der Waals surface area contributed by atoms with Gasteiger partial charge in [0.25, 0.3) is 0 Å². The number of imidazole rings is 1. The first-order valence-corrected chi connectivity index (χ1v) is 11.5. The third kappa shape index (κ3) is 4.93. The number of H-pyrrole nitrogens is 1. The highest BCUT2D eigenvalue weighted by Gasteiger charge is 2.17. The van der Waals surface area contributed by atoms with E-state index in [1.54, 1.807) is 4.52 Å². The summed E-state index contributed by atoms with van der Waals surface area (Å²) in [6.45, 7) is 3.42. The SMILES string of the molecule is Cc1cccc(-c2[nH]c(CN(I)CCc3ccc(F)cc3)nc2-c2ccc3ncnn3c2)n1. The number of benzene rings is 1. The van der Waals surface area contributed by atoms with Crippen LogP contribution >= 0.6 is 22.9 Å².